The highest BCUT2D eigenvalue weighted by Gasteiger charge is 2.09. The molecule has 0 radical (unpaired) electrons. The quantitative estimate of drug-likeness (QED) is 0.851. The first kappa shape index (κ1) is 11.2. The molecule has 4 nitrogen and oxygen atoms in total. The van der Waals surface area contributed by atoms with Crippen LogP contribution in [-0.2, 0) is 9.53 Å². The maximum atomic E-state index is 11.3. The summed E-state index contributed by atoms with van der Waals surface area (Å²) in [5.74, 6) is -0.736. The van der Waals surface area contributed by atoms with Crippen LogP contribution in [-0.4, -0.2) is 25.5 Å². The van der Waals surface area contributed by atoms with E-state index in [1.165, 1.54) is 18.4 Å². The third-order valence-corrected chi connectivity index (χ3v) is 3.04. The summed E-state index contributed by atoms with van der Waals surface area (Å²) in [6.07, 6.45) is 0. The second-order valence-corrected chi connectivity index (χ2v) is 4.83. The summed E-state index contributed by atoms with van der Waals surface area (Å²) in [6.45, 7) is -0.106. The van der Waals surface area contributed by atoms with Gasteiger partial charge in [-0.05, 0) is 28.1 Å². The SMILES string of the molecule is COC(=O)CNC(=O)c1ccc(Br)s1. The number of halogens is 1. The lowest BCUT2D eigenvalue weighted by Crippen LogP contribution is -2.29. The van der Waals surface area contributed by atoms with Gasteiger partial charge in [0.25, 0.3) is 5.91 Å². The molecule has 0 spiro atoms. The molecular formula is C8H8BrNO3S. The number of methoxy groups -OCH3 is 1. The van der Waals surface area contributed by atoms with Gasteiger partial charge in [0.15, 0.2) is 0 Å². The highest BCUT2D eigenvalue weighted by atomic mass is 79.9. The maximum Gasteiger partial charge on any atom is 0.325 e. The van der Waals surface area contributed by atoms with Crippen LogP contribution >= 0.6 is 27.3 Å². The Hall–Kier alpha value is -0.880. The van der Waals surface area contributed by atoms with Gasteiger partial charge in [0.05, 0.1) is 15.8 Å². The molecule has 1 amide bonds. The average molecular weight is 278 g/mol. The van der Waals surface area contributed by atoms with Crippen molar-refractivity contribution in [2.24, 2.45) is 0 Å². The zero-order valence-electron chi connectivity index (χ0n) is 7.37. The summed E-state index contributed by atoms with van der Waals surface area (Å²) in [7, 11) is 1.27. The third-order valence-electron chi connectivity index (χ3n) is 1.42. The van der Waals surface area contributed by atoms with E-state index in [4.69, 9.17) is 0 Å². The fourth-order valence-electron chi connectivity index (χ4n) is 0.748. The highest BCUT2D eigenvalue weighted by molar-refractivity contribution is 9.11. The zero-order chi connectivity index (χ0) is 10.6. The molecule has 0 saturated carbocycles. The number of carbonyl (C=O) groups excluding carboxylic acids is 2. The standard InChI is InChI=1S/C8H8BrNO3S/c1-13-7(11)4-10-8(12)5-2-3-6(9)14-5/h2-3H,4H2,1H3,(H,10,12). The monoisotopic (exact) mass is 277 g/mol. The number of nitrogens with one attached hydrogen (secondary N) is 1. The molecule has 1 aromatic heterocycles. The number of ether oxygens (including phenoxy) is 1. The molecule has 0 fully saturated rings. The molecule has 14 heavy (non-hydrogen) atoms. The van der Waals surface area contributed by atoms with Crippen LogP contribution < -0.4 is 5.32 Å². The van der Waals surface area contributed by atoms with E-state index in [9.17, 15) is 9.59 Å². The third kappa shape index (κ3) is 3.12. The number of carbonyl (C=O) groups is 2. The van der Waals surface area contributed by atoms with Crippen LogP contribution in [0.3, 0.4) is 0 Å². The normalized spacial score (nSPS) is 9.57. The van der Waals surface area contributed by atoms with Gasteiger partial charge in [-0.3, -0.25) is 9.59 Å². The van der Waals surface area contributed by atoms with Crippen LogP contribution in [0.1, 0.15) is 9.67 Å². The molecule has 76 valence electrons. The molecule has 0 aliphatic heterocycles. The van der Waals surface area contributed by atoms with E-state index in [-0.39, 0.29) is 12.5 Å². The molecule has 0 aliphatic carbocycles. The Morgan fingerprint density at radius 1 is 1.57 bits per heavy atom. The van der Waals surface area contributed by atoms with Crippen molar-refractivity contribution in [3.63, 3.8) is 0 Å². The Labute approximate surface area is 93.4 Å². The molecule has 6 heteroatoms. The van der Waals surface area contributed by atoms with Crippen LogP contribution in [0.15, 0.2) is 15.9 Å². The second-order valence-electron chi connectivity index (χ2n) is 2.36. The zero-order valence-corrected chi connectivity index (χ0v) is 9.78. The van der Waals surface area contributed by atoms with E-state index >= 15 is 0 Å². The van der Waals surface area contributed by atoms with Gasteiger partial charge in [0.2, 0.25) is 0 Å². The van der Waals surface area contributed by atoms with Crippen molar-refractivity contribution in [2.45, 2.75) is 0 Å². The minimum atomic E-state index is -0.464. The second kappa shape index (κ2) is 5.11. The molecule has 1 N–H and O–H groups in total. The van der Waals surface area contributed by atoms with Crippen LogP contribution in [0, 0.1) is 0 Å². The Balaban J connectivity index is 2.47. The largest absolute Gasteiger partial charge is 0.468 e. The van der Waals surface area contributed by atoms with Crippen LogP contribution in [0.4, 0.5) is 0 Å². The maximum absolute atomic E-state index is 11.3. The summed E-state index contributed by atoms with van der Waals surface area (Å²) in [4.78, 5) is 22.6. The molecule has 0 aliphatic rings. The first-order valence-electron chi connectivity index (χ1n) is 3.74. The molecule has 0 unspecified atom stereocenters. The summed E-state index contributed by atoms with van der Waals surface area (Å²) in [5.41, 5.74) is 0. The fourth-order valence-corrected chi connectivity index (χ4v) is 2.05. The van der Waals surface area contributed by atoms with Crippen molar-refractivity contribution in [2.75, 3.05) is 13.7 Å². The van der Waals surface area contributed by atoms with E-state index < -0.39 is 5.97 Å². The lowest BCUT2D eigenvalue weighted by molar-refractivity contribution is -0.139. The minimum Gasteiger partial charge on any atom is -0.468 e. The first-order valence-corrected chi connectivity index (χ1v) is 5.35. The molecule has 1 heterocycles. The number of hydrogen-bond acceptors (Lipinski definition) is 4. The molecule has 0 atom stereocenters. The smallest absolute Gasteiger partial charge is 0.325 e. The van der Waals surface area contributed by atoms with Gasteiger partial charge < -0.3 is 10.1 Å². The average Bonchev–Trinajstić information content (AvgIpc) is 2.60. The summed E-state index contributed by atoms with van der Waals surface area (Å²) >= 11 is 4.55. The summed E-state index contributed by atoms with van der Waals surface area (Å²) in [5, 5.41) is 2.44. The van der Waals surface area contributed by atoms with Gasteiger partial charge in [-0.25, -0.2) is 0 Å². The molecule has 0 saturated heterocycles. The van der Waals surface area contributed by atoms with Crippen molar-refractivity contribution in [3.8, 4) is 0 Å². The van der Waals surface area contributed by atoms with Gasteiger partial charge >= 0.3 is 5.97 Å². The highest BCUT2D eigenvalue weighted by Crippen LogP contribution is 2.21. The van der Waals surface area contributed by atoms with E-state index in [0.29, 0.717) is 4.88 Å². The number of hydrogen-bond donors (Lipinski definition) is 1. The van der Waals surface area contributed by atoms with Gasteiger partial charge in [-0.15, -0.1) is 11.3 Å². The number of esters is 1. The van der Waals surface area contributed by atoms with Crippen LogP contribution in [0.25, 0.3) is 0 Å². The van der Waals surface area contributed by atoms with Crippen molar-refractivity contribution in [1.82, 2.24) is 5.32 Å². The van der Waals surface area contributed by atoms with E-state index in [0.717, 1.165) is 3.79 Å². The number of amides is 1. The fraction of sp³-hybridized carbons (Fsp3) is 0.250. The van der Waals surface area contributed by atoms with Crippen molar-refractivity contribution in [3.05, 3.63) is 20.8 Å². The molecule has 1 aromatic rings. The predicted octanol–water partition coefficient (Wildman–Crippen LogP) is 1.41. The van der Waals surface area contributed by atoms with E-state index in [1.807, 2.05) is 0 Å². The number of thiophene rings is 1. The molecular weight excluding hydrogens is 270 g/mol. The topological polar surface area (TPSA) is 55.4 Å². The van der Waals surface area contributed by atoms with Crippen molar-refractivity contribution in [1.29, 1.82) is 0 Å². The van der Waals surface area contributed by atoms with E-state index in [2.05, 4.69) is 26.0 Å². The molecule has 0 aromatic carbocycles. The van der Waals surface area contributed by atoms with Gasteiger partial charge in [-0.1, -0.05) is 0 Å². The Bertz CT molecular complexity index is 350. The van der Waals surface area contributed by atoms with Crippen molar-refractivity contribution >= 4 is 39.1 Å². The molecule has 1 rings (SSSR count). The minimum absolute atomic E-state index is 0.106. The summed E-state index contributed by atoms with van der Waals surface area (Å²) < 4.78 is 5.26. The predicted molar refractivity (Wildman–Crippen MR) is 56.4 cm³/mol. The Morgan fingerprint density at radius 2 is 2.29 bits per heavy atom. The summed E-state index contributed by atoms with van der Waals surface area (Å²) in [6, 6.07) is 3.46. The van der Waals surface area contributed by atoms with Crippen LogP contribution in [0.5, 0.6) is 0 Å². The van der Waals surface area contributed by atoms with Gasteiger partial charge in [0.1, 0.15) is 6.54 Å². The lowest BCUT2D eigenvalue weighted by atomic mass is 10.4. The van der Waals surface area contributed by atoms with Crippen LogP contribution in [0.2, 0.25) is 0 Å². The van der Waals surface area contributed by atoms with Crippen molar-refractivity contribution < 1.29 is 14.3 Å². The molecule has 0 bridgehead atoms. The van der Waals surface area contributed by atoms with E-state index in [1.54, 1.807) is 12.1 Å². The first-order chi connectivity index (χ1) is 6.63. The Morgan fingerprint density at radius 3 is 2.79 bits per heavy atom. The number of rotatable bonds is 3. The Kier molecular flexibility index (Phi) is 4.09. The van der Waals surface area contributed by atoms with Gasteiger partial charge in [0, 0.05) is 0 Å². The lowest BCUT2D eigenvalue weighted by Gasteiger charge is -2.00. The van der Waals surface area contributed by atoms with Gasteiger partial charge in [-0.2, -0.15) is 0 Å².